The minimum Gasteiger partial charge on any atom is -0.467 e. The number of benzene rings is 1. The Morgan fingerprint density at radius 3 is 2.32 bits per heavy atom. The van der Waals surface area contributed by atoms with Crippen LogP contribution in [0.4, 0.5) is 10.1 Å². The number of carbonyl (C=O) groups excluding carboxylic acids is 1. The Hall–Kier alpha value is -1.84. The normalized spacial score (nSPS) is 12.4. The van der Waals surface area contributed by atoms with Crippen LogP contribution in [-0.4, -0.2) is 19.1 Å². The van der Waals surface area contributed by atoms with Crippen LogP contribution in [0.5, 0.6) is 0 Å². The van der Waals surface area contributed by atoms with E-state index in [0.717, 1.165) is 24.9 Å². The Bertz CT molecular complexity index is 546. The Morgan fingerprint density at radius 2 is 1.76 bits per heavy atom. The van der Waals surface area contributed by atoms with Gasteiger partial charge in [0, 0.05) is 5.69 Å². The number of nitrogens with one attached hydrogen (secondary N) is 1. The van der Waals surface area contributed by atoms with E-state index in [2.05, 4.69) is 24.4 Å². The molecular weight excluding hydrogens is 317 g/mol. The third-order valence-electron chi connectivity index (χ3n) is 4.27. The van der Waals surface area contributed by atoms with Crippen molar-refractivity contribution in [2.75, 3.05) is 12.4 Å². The van der Waals surface area contributed by atoms with E-state index in [9.17, 15) is 9.18 Å². The topological polar surface area (TPSA) is 38.3 Å². The molecule has 0 aliphatic heterocycles. The summed E-state index contributed by atoms with van der Waals surface area (Å²) in [6.45, 7) is 5.65. The maximum atomic E-state index is 13.7. The molecule has 0 fully saturated rings. The van der Waals surface area contributed by atoms with Crippen molar-refractivity contribution in [3.63, 3.8) is 0 Å². The van der Waals surface area contributed by atoms with E-state index in [0.29, 0.717) is 17.5 Å². The summed E-state index contributed by atoms with van der Waals surface area (Å²) < 4.78 is 18.6. The van der Waals surface area contributed by atoms with Gasteiger partial charge >= 0.3 is 5.97 Å². The minimum atomic E-state index is -0.414. The van der Waals surface area contributed by atoms with Gasteiger partial charge in [0.15, 0.2) is 0 Å². The van der Waals surface area contributed by atoms with Crippen molar-refractivity contribution >= 4 is 11.7 Å². The average Bonchev–Trinajstić information content (AvgIpc) is 2.60. The molecule has 0 spiro atoms. The Labute approximate surface area is 151 Å². The summed E-state index contributed by atoms with van der Waals surface area (Å²) in [6, 6.07) is 3.04. The minimum absolute atomic E-state index is 0.201. The average molecular weight is 349 g/mol. The van der Waals surface area contributed by atoms with Gasteiger partial charge in [-0.15, -0.1) is 0 Å². The summed E-state index contributed by atoms with van der Waals surface area (Å²) in [4.78, 5) is 12.0. The van der Waals surface area contributed by atoms with E-state index in [1.807, 2.05) is 0 Å². The summed E-state index contributed by atoms with van der Waals surface area (Å²) in [5, 5.41) is 3.19. The summed E-state index contributed by atoms with van der Waals surface area (Å²) in [7, 11) is 1.39. The van der Waals surface area contributed by atoms with Crippen LogP contribution in [0.15, 0.2) is 24.3 Å². The first-order valence-electron chi connectivity index (χ1n) is 9.25. The number of unbranched alkanes of at least 4 members (excludes halogenated alkanes) is 4. The molecule has 1 atom stereocenters. The molecular formula is C21H32FNO2. The van der Waals surface area contributed by atoms with Crippen LogP contribution >= 0.6 is 0 Å². The zero-order valence-electron chi connectivity index (χ0n) is 16.0. The predicted octanol–water partition coefficient (Wildman–Crippen LogP) is 5.70. The van der Waals surface area contributed by atoms with Crippen molar-refractivity contribution < 1.29 is 13.9 Å². The lowest BCUT2D eigenvalue weighted by molar-refractivity contribution is -0.141. The molecule has 1 aromatic rings. The van der Waals surface area contributed by atoms with Gasteiger partial charge in [-0.3, -0.25) is 0 Å². The fourth-order valence-electron chi connectivity index (χ4n) is 2.81. The fraction of sp³-hybridized carbons (Fsp3) is 0.571. The van der Waals surface area contributed by atoms with Gasteiger partial charge in [0.2, 0.25) is 0 Å². The number of hydrogen-bond acceptors (Lipinski definition) is 3. The molecule has 0 aliphatic rings. The van der Waals surface area contributed by atoms with E-state index in [-0.39, 0.29) is 11.8 Å². The van der Waals surface area contributed by atoms with E-state index >= 15 is 0 Å². The van der Waals surface area contributed by atoms with Crippen molar-refractivity contribution in [1.29, 1.82) is 0 Å². The summed E-state index contributed by atoms with van der Waals surface area (Å²) in [6.07, 6.45) is 11.8. The highest BCUT2D eigenvalue weighted by Gasteiger charge is 2.19. The van der Waals surface area contributed by atoms with Crippen molar-refractivity contribution in [1.82, 2.24) is 0 Å². The Kier molecular flexibility index (Phi) is 9.90. The third-order valence-corrected chi connectivity index (χ3v) is 4.27. The number of carbonyl (C=O) groups is 1. The lowest BCUT2D eigenvalue weighted by Gasteiger charge is -2.18. The molecule has 140 valence electrons. The zero-order chi connectivity index (χ0) is 18.7. The standard InChI is InChI=1S/C21H32FNO2/c1-5-6-7-8-9-10-11-12-13-19(21(24)25-4)23-18-14-16(2)20(22)17(3)15-18/h9-10,14-15,19,23H,5-8,11-13H2,1-4H3/b10-9+/t19-/m1/s1. The molecule has 0 unspecified atom stereocenters. The van der Waals surface area contributed by atoms with Gasteiger partial charge in [0.05, 0.1) is 7.11 Å². The van der Waals surface area contributed by atoms with Gasteiger partial charge in [-0.25, -0.2) is 9.18 Å². The second-order valence-corrected chi connectivity index (χ2v) is 6.54. The molecule has 0 saturated carbocycles. The fourth-order valence-corrected chi connectivity index (χ4v) is 2.81. The van der Waals surface area contributed by atoms with Gasteiger partial charge in [-0.05, 0) is 69.2 Å². The number of halogens is 1. The number of esters is 1. The van der Waals surface area contributed by atoms with E-state index in [4.69, 9.17) is 4.74 Å². The first-order valence-corrected chi connectivity index (χ1v) is 9.25. The number of aryl methyl sites for hydroxylation is 2. The Balaban J connectivity index is 2.54. The molecule has 3 nitrogen and oxygen atoms in total. The second-order valence-electron chi connectivity index (χ2n) is 6.54. The molecule has 0 radical (unpaired) electrons. The van der Waals surface area contributed by atoms with Crippen molar-refractivity contribution in [3.8, 4) is 0 Å². The molecule has 1 N–H and O–H groups in total. The van der Waals surface area contributed by atoms with Gasteiger partial charge in [-0.1, -0.05) is 31.9 Å². The third kappa shape index (κ3) is 7.72. The quantitative estimate of drug-likeness (QED) is 0.316. The van der Waals surface area contributed by atoms with Gasteiger partial charge < -0.3 is 10.1 Å². The van der Waals surface area contributed by atoms with E-state index < -0.39 is 6.04 Å². The monoisotopic (exact) mass is 349 g/mol. The second kappa shape index (κ2) is 11.7. The molecule has 1 rings (SSSR count). The highest BCUT2D eigenvalue weighted by molar-refractivity contribution is 5.79. The van der Waals surface area contributed by atoms with Crippen molar-refractivity contribution in [2.45, 2.75) is 71.8 Å². The molecule has 0 amide bonds. The van der Waals surface area contributed by atoms with Crippen LogP contribution in [0.2, 0.25) is 0 Å². The number of methoxy groups -OCH3 is 1. The molecule has 0 aliphatic carbocycles. The van der Waals surface area contributed by atoms with Gasteiger partial charge in [0.25, 0.3) is 0 Å². The Morgan fingerprint density at radius 1 is 1.16 bits per heavy atom. The first-order chi connectivity index (χ1) is 12.0. The summed E-state index contributed by atoms with van der Waals surface area (Å²) >= 11 is 0. The van der Waals surface area contributed by atoms with Crippen LogP contribution in [0, 0.1) is 19.7 Å². The molecule has 25 heavy (non-hydrogen) atoms. The maximum absolute atomic E-state index is 13.7. The molecule has 0 bridgehead atoms. The summed E-state index contributed by atoms with van der Waals surface area (Å²) in [5.41, 5.74) is 1.89. The van der Waals surface area contributed by atoms with Crippen LogP contribution in [-0.2, 0) is 9.53 Å². The molecule has 0 aromatic heterocycles. The lowest BCUT2D eigenvalue weighted by Crippen LogP contribution is -2.30. The maximum Gasteiger partial charge on any atom is 0.328 e. The van der Waals surface area contributed by atoms with Gasteiger partial charge in [-0.2, -0.15) is 0 Å². The van der Waals surface area contributed by atoms with Crippen LogP contribution in [0.25, 0.3) is 0 Å². The predicted molar refractivity (Wildman–Crippen MR) is 102 cm³/mol. The lowest BCUT2D eigenvalue weighted by atomic mass is 10.1. The van der Waals surface area contributed by atoms with Crippen LogP contribution < -0.4 is 5.32 Å². The van der Waals surface area contributed by atoms with E-state index in [1.54, 1.807) is 26.0 Å². The number of ether oxygens (including phenoxy) is 1. The number of allylic oxidation sites excluding steroid dienone is 2. The van der Waals surface area contributed by atoms with Crippen LogP contribution in [0.1, 0.15) is 63.0 Å². The first kappa shape index (κ1) is 21.2. The molecule has 1 aromatic carbocycles. The van der Waals surface area contributed by atoms with E-state index in [1.165, 1.54) is 26.4 Å². The van der Waals surface area contributed by atoms with Crippen LogP contribution in [0.3, 0.4) is 0 Å². The highest BCUT2D eigenvalue weighted by Crippen LogP contribution is 2.20. The number of anilines is 1. The number of hydrogen-bond donors (Lipinski definition) is 1. The van der Waals surface area contributed by atoms with Gasteiger partial charge in [0.1, 0.15) is 11.9 Å². The SMILES string of the molecule is CCCCC/C=C/CCC[C@@H](Nc1cc(C)c(F)c(C)c1)C(=O)OC. The largest absolute Gasteiger partial charge is 0.467 e. The van der Waals surface area contributed by atoms with Crippen molar-refractivity contribution in [2.24, 2.45) is 0 Å². The number of rotatable bonds is 11. The summed E-state index contributed by atoms with van der Waals surface area (Å²) in [5.74, 6) is -0.486. The molecule has 0 heterocycles. The molecule has 4 heteroatoms. The smallest absolute Gasteiger partial charge is 0.328 e. The molecule has 0 saturated heterocycles. The highest BCUT2D eigenvalue weighted by atomic mass is 19.1. The van der Waals surface area contributed by atoms with Crippen molar-refractivity contribution in [3.05, 3.63) is 41.2 Å². The zero-order valence-corrected chi connectivity index (χ0v) is 16.0.